The van der Waals surface area contributed by atoms with Gasteiger partial charge < -0.3 is 14.1 Å². The van der Waals surface area contributed by atoms with Gasteiger partial charge in [0.05, 0.1) is 7.11 Å². The summed E-state index contributed by atoms with van der Waals surface area (Å²) in [5, 5.41) is 0.160. The number of furan rings is 1. The van der Waals surface area contributed by atoms with Gasteiger partial charge in [0, 0.05) is 6.04 Å². The molecule has 0 aliphatic heterocycles. The fraction of sp³-hybridized carbons (Fsp3) is 0.538. The van der Waals surface area contributed by atoms with Crippen LogP contribution in [0.15, 0.2) is 16.5 Å². The van der Waals surface area contributed by atoms with Crippen molar-refractivity contribution in [3.8, 4) is 0 Å². The van der Waals surface area contributed by atoms with Gasteiger partial charge in [-0.2, -0.15) is 0 Å². The van der Waals surface area contributed by atoms with E-state index in [1.165, 1.54) is 24.1 Å². The lowest BCUT2D eigenvalue weighted by Gasteiger charge is -2.26. The van der Waals surface area contributed by atoms with Crippen molar-refractivity contribution in [1.29, 1.82) is 0 Å². The third-order valence-corrected chi connectivity index (χ3v) is 3.54. The summed E-state index contributed by atoms with van der Waals surface area (Å²) >= 11 is 5.67. The molecule has 2 rings (SSSR count). The lowest BCUT2D eigenvalue weighted by molar-refractivity contribution is -0.141. The van der Waals surface area contributed by atoms with Crippen molar-refractivity contribution >= 4 is 23.5 Å². The van der Waals surface area contributed by atoms with Crippen molar-refractivity contribution in [1.82, 2.24) is 4.90 Å². The average Bonchev–Trinajstić information content (AvgIpc) is 3.05. The monoisotopic (exact) mass is 285 g/mol. The molecule has 0 spiro atoms. The topological polar surface area (TPSA) is 59.8 Å². The highest BCUT2D eigenvalue weighted by Crippen LogP contribution is 2.25. The SMILES string of the molecule is COC(=O)CN(C(=O)c1ccc(Cl)o1)C1CCCC1. The van der Waals surface area contributed by atoms with Gasteiger partial charge in [0.1, 0.15) is 6.54 Å². The molecule has 1 aromatic rings. The van der Waals surface area contributed by atoms with Crippen LogP contribution < -0.4 is 0 Å². The van der Waals surface area contributed by atoms with E-state index in [2.05, 4.69) is 4.74 Å². The molecular formula is C13H16ClNO4. The van der Waals surface area contributed by atoms with E-state index in [-0.39, 0.29) is 29.5 Å². The summed E-state index contributed by atoms with van der Waals surface area (Å²) in [5.41, 5.74) is 0. The van der Waals surface area contributed by atoms with Gasteiger partial charge in [0.15, 0.2) is 11.0 Å². The van der Waals surface area contributed by atoms with Gasteiger partial charge in [-0.05, 0) is 36.6 Å². The molecule has 0 atom stereocenters. The Morgan fingerprint density at radius 2 is 2.11 bits per heavy atom. The van der Waals surface area contributed by atoms with Gasteiger partial charge in [-0.3, -0.25) is 9.59 Å². The fourth-order valence-corrected chi connectivity index (χ4v) is 2.50. The van der Waals surface area contributed by atoms with Crippen molar-refractivity contribution in [3.05, 3.63) is 23.1 Å². The van der Waals surface area contributed by atoms with Crippen molar-refractivity contribution in [3.63, 3.8) is 0 Å². The molecule has 0 aromatic carbocycles. The maximum absolute atomic E-state index is 12.4. The zero-order valence-corrected chi connectivity index (χ0v) is 11.5. The lowest BCUT2D eigenvalue weighted by Crippen LogP contribution is -2.42. The summed E-state index contributed by atoms with van der Waals surface area (Å²) in [5.74, 6) is -0.595. The maximum atomic E-state index is 12.4. The molecule has 1 aromatic heterocycles. The summed E-state index contributed by atoms with van der Waals surface area (Å²) in [6.07, 6.45) is 3.93. The standard InChI is InChI=1S/C13H16ClNO4/c1-18-12(16)8-15(9-4-2-3-5-9)13(17)10-6-7-11(14)19-10/h6-7,9H,2-5,8H2,1H3. The van der Waals surface area contributed by atoms with Crippen LogP contribution in [0, 0.1) is 0 Å². The highest BCUT2D eigenvalue weighted by Gasteiger charge is 2.30. The Bertz CT molecular complexity index is 465. The van der Waals surface area contributed by atoms with E-state index < -0.39 is 5.97 Å². The molecule has 1 aliphatic rings. The second kappa shape index (κ2) is 6.10. The lowest BCUT2D eigenvalue weighted by atomic mass is 10.2. The minimum atomic E-state index is -0.432. The van der Waals surface area contributed by atoms with Crippen LogP contribution in [0.3, 0.4) is 0 Å². The minimum absolute atomic E-state index is 0.0572. The van der Waals surface area contributed by atoms with Crippen molar-refractivity contribution in [2.75, 3.05) is 13.7 Å². The summed E-state index contributed by atoms with van der Waals surface area (Å²) in [6, 6.07) is 3.10. The zero-order valence-electron chi connectivity index (χ0n) is 10.7. The van der Waals surface area contributed by atoms with E-state index in [9.17, 15) is 9.59 Å². The minimum Gasteiger partial charge on any atom is -0.468 e. The molecule has 19 heavy (non-hydrogen) atoms. The van der Waals surface area contributed by atoms with Gasteiger partial charge in [-0.15, -0.1) is 0 Å². The number of halogens is 1. The Morgan fingerprint density at radius 3 is 2.63 bits per heavy atom. The Morgan fingerprint density at radius 1 is 1.42 bits per heavy atom. The number of methoxy groups -OCH3 is 1. The first kappa shape index (κ1) is 13.9. The molecule has 1 heterocycles. The number of amides is 1. The van der Waals surface area contributed by atoms with Gasteiger partial charge in [-0.1, -0.05) is 12.8 Å². The third-order valence-electron chi connectivity index (χ3n) is 3.34. The largest absolute Gasteiger partial charge is 0.468 e. The Balaban J connectivity index is 2.15. The van der Waals surface area contributed by atoms with Gasteiger partial charge in [-0.25, -0.2) is 0 Å². The second-order valence-corrected chi connectivity index (χ2v) is 4.92. The predicted octanol–water partition coefficient (Wildman–Crippen LogP) is 2.49. The van der Waals surface area contributed by atoms with Crippen LogP contribution >= 0.6 is 11.6 Å². The normalized spacial score (nSPS) is 15.5. The molecule has 0 saturated heterocycles. The molecule has 0 bridgehead atoms. The van der Waals surface area contributed by atoms with Crippen LogP contribution in [-0.4, -0.2) is 36.5 Å². The number of hydrogen-bond acceptors (Lipinski definition) is 4. The molecule has 1 saturated carbocycles. The Labute approximate surface area is 116 Å². The van der Waals surface area contributed by atoms with E-state index in [1.807, 2.05) is 0 Å². The van der Waals surface area contributed by atoms with Crippen molar-refractivity contribution in [2.24, 2.45) is 0 Å². The van der Waals surface area contributed by atoms with E-state index >= 15 is 0 Å². The number of rotatable bonds is 4. The quantitative estimate of drug-likeness (QED) is 0.798. The molecule has 104 valence electrons. The molecule has 1 amide bonds. The summed E-state index contributed by atoms with van der Waals surface area (Å²) in [7, 11) is 1.31. The molecule has 1 aliphatic carbocycles. The van der Waals surface area contributed by atoms with Crippen molar-refractivity contribution < 1.29 is 18.7 Å². The molecule has 0 N–H and O–H groups in total. The van der Waals surface area contributed by atoms with E-state index in [0.29, 0.717) is 0 Å². The Hall–Kier alpha value is -1.49. The average molecular weight is 286 g/mol. The van der Waals surface area contributed by atoms with Gasteiger partial charge >= 0.3 is 5.97 Å². The number of nitrogens with zero attached hydrogens (tertiary/aromatic N) is 1. The highest BCUT2D eigenvalue weighted by molar-refractivity contribution is 6.29. The van der Waals surface area contributed by atoms with Crippen LogP contribution in [0.2, 0.25) is 5.22 Å². The molecular weight excluding hydrogens is 270 g/mol. The first-order valence-electron chi connectivity index (χ1n) is 6.25. The first-order chi connectivity index (χ1) is 9.11. The van der Waals surface area contributed by atoms with Crippen LogP contribution in [0.1, 0.15) is 36.2 Å². The summed E-state index contributed by atoms with van der Waals surface area (Å²) in [4.78, 5) is 25.3. The number of ether oxygens (including phenoxy) is 1. The molecule has 5 nitrogen and oxygen atoms in total. The predicted molar refractivity (Wildman–Crippen MR) is 69.0 cm³/mol. The number of esters is 1. The molecule has 0 unspecified atom stereocenters. The molecule has 6 heteroatoms. The Kier molecular flexibility index (Phi) is 4.47. The summed E-state index contributed by atoms with van der Waals surface area (Å²) < 4.78 is 9.77. The van der Waals surface area contributed by atoms with Crippen LogP contribution in [-0.2, 0) is 9.53 Å². The summed E-state index contributed by atoms with van der Waals surface area (Å²) in [6.45, 7) is -0.0572. The van der Waals surface area contributed by atoms with Gasteiger partial charge in [0.2, 0.25) is 0 Å². The number of carbonyl (C=O) groups is 2. The number of carbonyl (C=O) groups excluding carboxylic acids is 2. The van der Waals surface area contributed by atoms with E-state index in [0.717, 1.165) is 25.7 Å². The van der Waals surface area contributed by atoms with Crippen LogP contribution in [0.5, 0.6) is 0 Å². The molecule has 0 radical (unpaired) electrons. The second-order valence-electron chi connectivity index (χ2n) is 4.55. The number of hydrogen-bond donors (Lipinski definition) is 0. The highest BCUT2D eigenvalue weighted by atomic mass is 35.5. The maximum Gasteiger partial charge on any atom is 0.325 e. The van der Waals surface area contributed by atoms with Gasteiger partial charge in [0.25, 0.3) is 5.91 Å². The smallest absolute Gasteiger partial charge is 0.325 e. The van der Waals surface area contributed by atoms with E-state index in [1.54, 1.807) is 0 Å². The van der Waals surface area contributed by atoms with Crippen LogP contribution in [0.25, 0.3) is 0 Å². The first-order valence-corrected chi connectivity index (χ1v) is 6.62. The molecule has 1 fully saturated rings. The van der Waals surface area contributed by atoms with Crippen molar-refractivity contribution in [2.45, 2.75) is 31.7 Å². The van der Waals surface area contributed by atoms with E-state index in [4.69, 9.17) is 16.0 Å². The zero-order chi connectivity index (χ0) is 13.8. The third kappa shape index (κ3) is 3.29. The van der Waals surface area contributed by atoms with Crippen LogP contribution in [0.4, 0.5) is 0 Å². The fourth-order valence-electron chi connectivity index (χ4n) is 2.36.